The number of nitrogens with zero attached hydrogens (tertiary/aromatic N) is 1. The zero-order valence-corrected chi connectivity index (χ0v) is 12.5. The lowest BCUT2D eigenvalue weighted by Gasteiger charge is -2.39. The molecular weight excluding hydrogens is 278 g/mol. The van der Waals surface area contributed by atoms with Gasteiger partial charge in [0.1, 0.15) is 6.10 Å². The monoisotopic (exact) mass is 297 g/mol. The van der Waals surface area contributed by atoms with Gasteiger partial charge in [-0.05, 0) is 31.4 Å². The van der Waals surface area contributed by atoms with Gasteiger partial charge in [-0.3, -0.25) is 4.79 Å². The van der Waals surface area contributed by atoms with Gasteiger partial charge in [0.25, 0.3) is 5.91 Å². The van der Waals surface area contributed by atoms with E-state index in [1.807, 2.05) is 0 Å². The molecule has 110 valence electrons. The number of benzene rings is 1. The topological polar surface area (TPSA) is 49.8 Å². The third kappa shape index (κ3) is 2.97. The summed E-state index contributed by atoms with van der Waals surface area (Å²) >= 11 is 6.06. The number of amides is 1. The lowest BCUT2D eigenvalue weighted by atomic mass is 9.88. The molecule has 0 saturated heterocycles. The quantitative estimate of drug-likeness (QED) is 0.931. The van der Waals surface area contributed by atoms with Crippen LogP contribution in [0.5, 0.6) is 0 Å². The Morgan fingerprint density at radius 1 is 1.40 bits per heavy atom. The number of aliphatic hydroxyl groups is 1. The molecule has 0 heterocycles. The predicted octanol–water partition coefficient (Wildman–Crippen LogP) is 2.34. The number of aliphatic hydroxyl groups excluding tert-OH is 1. The van der Waals surface area contributed by atoms with Crippen LogP contribution in [-0.4, -0.2) is 48.3 Å². The van der Waals surface area contributed by atoms with Crippen LogP contribution in [0.3, 0.4) is 0 Å². The van der Waals surface area contributed by atoms with E-state index in [-0.39, 0.29) is 18.1 Å². The Labute approximate surface area is 124 Å². The third-order valence-electron chi connectivity index (χ3n) is 3.99. The summed E-state index contributed by atoms with van der Waals surface area (Å²) in [5.41, 5.74) is 0.461. The molecule has 1 fully saturated rings. The zero-order valence-electron chi connectivity index (χ0n) is 11.8. The molecule has 0 spiro atoms. The van der Waals surface area contributed by atoms with Crippen LogP contribution in [-0.2, 0) is 4.74 Å². The minimum absolute atomic E-state index is 0.170. The standard InChI is InChI=1S/C15H20ClNO3/c1-17(12-8-5-9-13(20-2)14(12)18)15(19)10-6-3-4-7-11(10)16/h3-4,6-7,12-14,18H,5,8-9H2,1-2H3/t12-,13-,14-/m1/s1. The largest absolute Gasteiger partial charge is 0.388 e. The maximum absolute atomic E-state index is 12.5. The van der Waals surface area contributed by atoms with Gasteiger partial charge in [0, 0.05) is 14.2 Å². The molecule has 1 aromatic carbocycles. The third-order valence-corrected chi connectivity index (χ3v) is 4.32. The fraction of sp³-hybridized carbons (Fsp3) is 0.533. The van der Waals surface area contributed by atoms with Gasteiger partial charge in [-0.2, -0.15) is 0 Å². The average Bonchev–Trinajstić information content (AvgIpc) is 2.46. The second-order valence-electron chi connectivity index (χ2n) is 5.16. The summed E-state index contributed by atoms with van der Waals surface area (Å²) in [7, 11) is 3.30. The lowest BCUT2D eigenvalue weighted by molar-refractivity contribution is -0.0714. The van der Waals surface area contributed by atoms with Gasteiger partial charge >= 0.3 is 0 Å². The van der Waals surface area contributed by atoms with Crippen molar-refractivity contribution >= 4 is 17.5 Å². The van der Waals surface area contributed by atoms with Crippen LogP contribution in [0, 0.1) is 0 Å². The highest BCUT2D eigenvalue weighted by atomic mass is 35.5. The van der Waals surface area contributed by atoms with Crippen molar-refractivity contribution in [2.24, 2.45) is 0 Å². The summed E-state index contributed by atoms with van der Waals surface area (Å²) in [5, 5.41) is 10.7. The molecule has 1 aliphatic rings. The van der Waals surface area contributed by atoms with E-state index >= 15 is 0 Å². The number of methoxy groups -OCH3 is 1. The number of halogens is 1. The highest BCUT2D eigenvalue weighted by Crippen LogP contribution is 2.27. The van der Waals surface area contributed by atoms with Crippen molar-refractivity contribution < 1.29 is 14.6 Å². The van der Waals surface area contributed by atoms with Crippen molar-refractivity contribution in [3.8, 4) is 0 Å². The minimum atomic E-state index is -0.662. The smallest absolute Gasteiger partial charge is 0.255 e. The molecule has 1 amide bonds. The van der Waals surface area contributed by atoms with Gasteiger partial charge in [-0.25, -0.2) is 0 Å². The molecule has 4 nitrogen and oxygen atoms in total. The van der Waals surface area contributed by atoms with E-state index in [0.717, 1.165) is 19.3 Å². The molecule has 1 aliphatic carbocycles. The van der Waals surface area contributed by atoms with Crippen LogP contribution >= 0.6 is 11.6 Å². The highest BCUT2D eigenvalue weighted by Gasteiger charge is 2.36. The van der Waals surface area contributed by atoms with Crippen LogP contribution in [0.25, 0.3) is 0 Å². The molecule has 1 saturated carbocycles. The predicted molar refractivity (Wildman–Crippen MR) is 78.0 cm³/mol. The van der Waals surface area contributed by atoms with Gasteiger partial charge in [-0.15, -0.1) is 0 Å². The molecule has 1 aromatic rings. The maximum atomic E-state index is 12.5. The summed E-state index contributed by atoms with van der Waals surface area (Å²) < 4.78 is 5.28. The molecule has 2 rings (SSSR count). The van der Waals surface area contributed by atoms with Crippen LogP contribution in [0.4, 0.5) is 0 Å². The normalized spacial score (nSPS) is 26.3. The van der Waals surface area contributed by atoms with Crippen molar-refractivity contribution in [2.45, 2.75) is 37.5 Å². The van der Waals surface area contributed by atoms with E-state index < -0.39 is 6.10 Å². The Hall–Kier alpha value is -1.10. The van der Waals surface area contributed by atoms with Gasteiger partial charge in [0.05, 0.1) is 22.7 Å². The van der Waals surface area contributed by atoms with Gasteiger partial charge < -0.3 is 14.7 Å². The van der Waals surface area contributed by atoms with E-state index in [0.29, 0.717) is 10.6 Å². The van der Waals surface area contributed by atoms with Crippen LogP contribution < -0.4 is 0 Å². The maximum Gasteiger partial charge on any atom is 0.255 e. The van der Waals surface area contributed by atoms with Crippen molar-refractivity contribution in [1.29, 1.82) is 0 Å². The van der Waals surface area contributed by atoms with E-state index in [4.69, 9.17) is 16.3 Å². The molecule has 0 aromatic heterocycles. The van der Waals surface area contributed by atoms with Crippen LogP contribution in [0.1, 0.15) is 29.6 Å². The van der Waals surface area contributed by atoms with E-state index in [1.165, 1.54) is 0 Å². The second kappa shape index (κ2) is 6.57. The second-order valence-corrected chi connectivity index (χ2v) is 5.57. The molecule has 3 atom stereocenters. The molecule has 1 N–H and O–H groups in total. The Kier molecular flexibility index (Phi) is 5.02. The first-order valence-electron chi connectivity index (χ1n) is 6.78. The first kappa shape index (κ1) is 15.3. The molecule has 0 bridgehead atoms. The molecule has 0 unspecified atom stereocenters. The first-order valence-corrected chi connectivity index (χ1v) is 7.16. The van der Waals surface area contributed by atoms with E-state index in [1.54, 1.807) is 43.3 Å². The van der Waals surface area contributed by atoms with Crippen molar-refractivity contribution in [3.05, 3.63) is 34.9 Å². The van der Waals surface area contributed by atoms with Gasteiger partial charge in [0.2, 0.25) is 0 Å². The zero-order chi connectivity index (χ0) is 14.7. The summed E-state index contributed by atoms with van der Waals surface area (Å²) in [6.45, 7) is 0. The van der Waals surface area contributed by atoms with Gasteiger partial charge in [0.15, 0.2) is 0 Å². The van der Waals surface area contributed by atoms with Crippen LogP contribution in [0.2, 0.25) is 5.02 Å². The minimum Gasteiger partial charge on any atom is -0.388 e. The Morgan fingerprint density at radius 3 is 2.75 bits per heavy atom. The summed E-state index contributed by atoms with van der Waals surface area (Å²) in [6, 6.07) is 6.72. The lowest BCUT2D eigenvalue weighted by Crippen LogP contribution is -2.52. The fourth-order valence-electron chi connectivity index (χ4n) is 2.77. The first-order chi connectivity index (χ1) is 9.56. The number of hydrogen-bond acceptors (Lipinski definition) is 3. The van der Waals surface area contributed by atoms with Crippen molar-refractivity contribution in [1.82, 2.24) is 4.90 Å². The summed E-state index contributed by atoms with van der Waals surface area (Å²) in [5.74, 6) is -0.170. The number of carbonyl (C=O) groups excluding carboxylic acids is 1. The Balaban J connectivity index is 2.16. The average molecular weight is 298 g/mol. The van der Waals surface area contributed by atoms with E-state index in [9.17, 15) is 9.90 Å². The van der Waals surface area contributed by atoms with Crippen LogP contribution in [0.15, 0.2) is 24.3 Å². The summed E-state index contributed by atoms with van der Waals surface area (Å²) in [6.07, 6.45) is 1.65. The van der Waals surface area contributed by atoms with Gasteiger partial charge in [-0.1, -0.05) is 23.7 Å². The summed E-state index contributed by atoms with van der Waals surface area (Å²) in [4.78, 5) is 14.1. The van der Waals surface area contributed by atoms with Crippen molar-refractivity contribution in [3.63, 3.8) is 0 Å². The number of ether oxygens (including phenoxy) is 1. The highest BCUT2D eigenvalue weighted by molar-refractivity contribution is 6.33. The number of likely N-dealkylation sites (N-methyl/N-ethyl adjacent to an activating group) is 1. The SMILES string of the molecule is CO[C@@H]1CCC[C@@H](N(C)C(=O)c2ccccc2Cl)[C@H]1O. The molecule has 0 radical (unpaired) electrons. The molecular formula is C15H20ClNO3. The number of rotatable bonds is 3. The molecule has 5 heteroatoms. The number of carbonyl (C=O) groups is 1. The van der Waals surface area contributed by atoms with Crippen molar-refractivity contribution in [2.75, 3.05) is 14.2 Å². The molecule has 0 aliphatic heterocycles. The Morgan fingerprint density at radius 2 is 2.10 bits per heavy atom. The molecule has 20 heavy (non-hydrogen) atoms. The fourth-order valence-corrected chi connectivity index (χ4v) is 2.99. The Bertz CT molecular complexity index is 480. The van der Waals surface area contributed by atoms with E-state index in [2.05, 4.69) is 0 Å². The number of hydrogen-bond donors (Lipinski definition) is 1.